The van der Waals surface area contributed by atoms with Crippen LogP contribution in [0.5, 0.6) is 5.75 Å². The number of anilines is 2. The molecule has 0 saturated heterocycles. The van der Waals surface area contributed by atoms with E-state index in [0.717, 1.165) is 17.0 Å². The highest BCUT2D eigenvalue weighted by molar-refractivity contribution is 5.89. The number of ether oxygens (including phenoxy) is 2. The van der Waals surface area contributed by atoms with Gasteiger partial charge in [-0.15, -0.1) is 6.42 Å². The van der Waals surface area contributed by atoms with Gasteiger partial charge in [-0.1, -0.05) is 18.1 Å². The fourth-order valence-electron chi connectivity index (χ4n) is 2.06. The molecule has 0 atom stereocenters. The summed E-state index contributed by atoms with van der Waals surface area (Å²) in [5, 5.41) is 2.39. The fourth-order valence-corrected chi connectivity index (χ4v) is 2.06. The van der Waals surface area contributed by atoms with E-state index >= 15 is 0 Å². The summed E-state index contributed by atoms with van der Waals surface area (Å²) in [5.74, 6) is 2.20. The van der Waals surface area contributed by atoms with Gasteiger partial charge in [0.2, 0.25) is 0 Å². The number of alkyl halides is 3. The zero-order valence-corrected chi connectivity index (χ0v) is 14.6. The van der Waals surface area contributed by atoms with Crippen molar-refractivity contribution in [2.24, 2.45) is 0 Å². The Labute approximate surface area is 158 Å². The third-order valence-electron chi connectivity index (χ3n) is 3.41. The van der Waals surface area contributed by atoms with Crippen LogP contribution >= 0.6 is 0 Å². The van der Waals surface area contributed by atoms with Crippen molar-refractivity contribution in [2.75, 3.05) is 23.9 Å². The van der Waals surface area contributed by atoms with E-state index in [0.29, 0.717) is 0 Å². The van der Waals surface area contributed by atoms with Crippen molar-refractivity contribution in [1.82, 2.24) is 0 Å². The van der Waals surface area contributed by atoms with E-state index in [-0.39, 0.29) is 23.7 Å². The molecule has 0 saturated carbocycles. The lowest BCUT2D eigenvalue weighted by molar-refractivity contribution is -0.137. The Hall–Kier alpha value is -3.67. The lowest BCUT2D eigenvalue weighted by Gasteiger charge is -2.18. The molecule has 9 heteroatoms. The summed E-state index contributed by atoms with van der Waals surface area (Å²) < 4.78 is 48.2. The third-order valence-corrected chi connectivity index (χ3v) is 3.41. The smallest absolute Gasteiger partial charge is 0.419 e. The number of nitrogens with one attached hydrogen (secondary N) is 1. The lowest BCUT2D eigenvalue weighted by Crippen LogP contribution is -2.29. The van der Waals surface area contributed by atoms with E-state index in [1.807, 2.05) is 0 Å². The highest BCUT2D eigenvalue weighted by Crippen LogP contribution is 2.31. The largest absolute Gasteiger partial charge is 0.436 e. The van der Waals surface area contributed by atoms with Gasteiger partial charge in [0.1, 0.15) is 5.75 Å². The molecule has 0 unspecified atom stereocenters. The highest BCUT2D eigenvalue weighted by atomic mass is 19.4. The molecule has 0 aliphatic heterocycles. The van der Waals surface area contributed by atoms with Crippen LogP contribution < -0.4 is 15.0 Å². The molecule has 0 aliphatic rings. The molecule has 2 aromatic rings. The molecule has 2 aromatic carbocycles. The summed E-state index contributed by atoms with van der Waals surface area (Å²) in [7, 11) is 1.27. The van der Waals surface area contributed by atoms with Gasteiger partial charge in [0, 0.05) is 24.5 Å². The number of hydrogen-bond donors (Lipinski definition) is 1. The van der Waals surface area contributed by atoms with Crippen molar-refractivity contribution < 1.29 is 32.2 Å². The van der Waals surface area contributed by atoms with Gasteiger partial charge in [-0.3, -0.25) is 10.2 Å². The number of carbonyl (C=O) groups is 2. The molecule has 1 N–H and O–H groups in total. The van der Waals surface area contributed by atoms with Crippen molar-refractivity contribution >= 4 is 23.6 Å². The predicted molar refractivity (Wildman–Crippen MR) is 96.1 cm³/mol. The van der Waals surface area contributed by atoms with Crippen LogP contribution in [0.4, 0.5) is 34.1 Å². The molecule has 0 heterocycles. The Kier molecular flexibility index (Phi) is 6.50. The van der Waals surface area contributed by atoms with Gasteiger partial charge < -0.3 is 9.47 Å². The van der Waals surface area contributed by atoms with E-state index in [4.69, 9.17) is 11.2 Å². The van der Waals surface area contributed by atoms with Crippen molar-refractivity contribution in [3.63, 3.8) is 0 Å². The third kappa shape index (κ3) is 5.67. The maximum absolute atomic E-state index is 12.8. The molecule has 0 aliphatic carbocycles. The van der Waals surface area contributed by atoms with Crippen LogP contribution in [0, 0.1) is 12.3 Å². The van der Waals surface area contributed by atoms with Gasteiger partial charge in [0.05, 0.1) is 5.56 Å². The van der Waals surface area contributed by atoms with E-state index < -0.39 is 23.9 Å². The van der Waals surface area contributed by atoms with Crippen molar-refractivity contribution in [3.8, 4) is 18.1 Å². The summed E-state index contributed by atoms with van der Waals surface area (Å²) in [4.78, 5) is 24.6. The Morgan fingerprint density at radius 3 is 2.57 bits per heavy atom. The molecule has 6 nitrogen and oxygen atoms in total. The summed E-state index contributed by atoms with van der Waals surface area (Å²) in [6.07, 6.45) is -1.25. The van der Waals surface area contributed by atoms with Gasteiger partial charge >= 0.3 is 18.4 Å². The SMILES string of the molecule is C#CCOC(=O)Nc1cccc(OC(=O)N(C)c2cccc(C(F)(F)F)c2)c1. The van der Waals surface area contributed by atoms with Crippen LogP contribution in [0.2, 0.25) is 0 Å². The van der Waals surface area contributed by atoms with Crippen LogP contribution in [0.15, 0.2) is 48.5 Å². The molecule has 2 amide bonds. The van der Waals surface area contributed by atoms with Crippen LogP contribution in [0.3, 0.4) is 0 Å². The number of benzene rings is 2. The number of terminal acetylenes is 1. The number of halogens is 3. The normalized spacial score (nSPS) is 10.5. The Morgan fingerprint density at radius 2 is 1.89 bits per heavy atom. The van der Waals surface area contributed by atoms with Crippen LogP contribution in [-0.4, -0.2) is 25.8 Å². The van der Waals surface area contributed by atoms with Crippen LogP contribution in [0.25, 0.3) is 0 Å². The molecule has 0 radical (unpaired) electrons. The quantitative estimate of drug-likeness (QED) is 0.777. The summed E-state index contributed by atoms with van der Waals surface area (Å²) in [6.45, 7) is -0.206. The lowest BCUT2D eigenvalue weighted by atomic mass is 10.2. The molecule has 0 fully saturated rings. The fraction of sp³-hybridized carbons (Fsp3) is 0.158. The maximum atomic E-state index is 12.8. The predicted octanol–water partition coefficient (Wildman–Crippen LogP) is 4.52. The molecule has 28 heavy (non-hydrogen) atoms. The highest BCUT2D eigenvalue weighted by Gasteiger charge is 2.31. The van der Waals surface area contributed by atoms with Crippen molar-refractivity contribution in [2.45, 2.75) is 6.18 Å². The minimum atomic E-state index is -4.53. The standard InChI is InChI=1S/C19H15F3N2O4/c1-3-10-27-17(25)23-14-7-5-9-16(12-14)28-18(26)24(2)15-8-4-6-13(11-15)19(20,21)22/h1,4-9,11-12H,10H2,2H3,(H,23,25). The second-order valence-electron chi connectivity index (χ2n) is 5.41. The summed E-state index contributed by atoms with van der Waals surface area (Å²) >= 11 is 0. The average molecular weight is 392 g/mol. The first kappa shape index (κ1) is 20.6. The van der Waals surface area contributed by atoms with Gasteiger partial charge in [-0.25, -0.2) is 9.59 Å². The van der Waals surface area contributed by atoms with Crippen molar-refractivity contribution in [1.29, 1.82) is 0 Å². The number of hydrogen-bond acceptors (Lipinski definition) is 4. The maximum Gasteiger partial charge on any atom is 0.419 e. The first-order chi connectivity index (χ1) is 13.2. The van der Waals surface area contributed by atoms with Crippen molar-refractivity contribution in [3.05, 3.63) is 54.1 Å². The number of amides is 2. The molecular weight excluding hydrogens is 377 g/mol. The van der Waals surface area contributed by atoms with E-state index in [1.54, 1.807) is 0 Å². The van der Waals surface area contributed by atoms with E-state index in [1.165, 1.54) is 43.4 Å². The topological polar surface area (TPSA) is 67.9 Å². The van der Waals surface area contributed by atoms with Crippen LogP contribution in [0.1, 0.15) is 5.56 Å². The molecule has 0 bridgehead atoms. The molecule has 0 spiro atoms. The minimum Gasteiger partial charge on any atom is -0.436 e. The van der Waals surface area contributed by atoms with E-state index in [9.17, 15) is 22.8 Å². The zero-order valence-electron chi connectivity index (χ0n) is 14.6. The monoisotopic (exact) mass is 392 g/mol. The van der Waals surface area contributed by atoms with Gasteiger partial charge in [0.25, 0.3) is 0 Å². The summed E-state index contributed by atoms with van der Waals surface area (Å²) in [6, 6.07) is 10.1. The van der Waals surface area contributed by atoms with Gasteiger partial charge in [-0.2, -0.15) is 13.2 Å². The Balaban J connectivity index is 2.07. The average Bonchev–Trinajstić information content (AvgIpc) is 2.65. The minimum absolute atomic E-state index is 0.00645. The molecular formula is C19H15F3N2O4. The van der Waals surface area contributed by atoms with Gasteiger partial charge in [0.15, 0.2) is 6.61 Å². The number of nitrogens with zero attached hydrogens (tertiary/aromatic N) is 1. The van der Waals surface area contributed by atoms with Gasteiger partial charge in [-0.05, 0) is 30.3 Å². The Bertz CT molecular complexity index is 907. The number of carbonyl (C=O) groups excluding carboxylic acids is 2. The zero-order chi connectivity index (χ0) is 20.7. The first-order valence-corrected chi connectivity index (χ1v) is 7.81. The second kappa shape index (κ2) is 8.81. The molecule has 146 valence electrons. The molecule has 2 rings (SSSR count). The summed E-state index contributed by atoms with van der Waals surface area (Å²) in [5.41, 5.74) is -0.609. The van der Waals surface area contributed by atoms with E-state index in [2.05, 4.69) is 16.0 Å². The van der Waals surface area contributed by atoms with Crippen LogP contribution in [-0.2, 0) is 10.9 Å². The second-order valence-corrected chi connectivity index (χ2v) is 5.41. The first-order valence-electron chi connectivity index (χ1n) is 7.81. The Morgan fingerprint density at radius 1 is 1.18 bits per heavy atom. The molecule has 0 aromatic heterocycles. The number of rotatable bonds is 4.